The molecule has 1 aliphatic carbocycles. The van der Waals surface area contributed by atoms with Crippen molar-refractivity contribution in [3.05, 3.63) is 52.7 Å². The van der Waals surface area contributed by atoms with E-state index in [0.29, 0.717) is 10.6 Å². The summed E-state index contributed by atoms with van der Waals surface area (Å²) in [5.41, 5.74) is 3.30. The Labute approximate surface area is 128 Å². The number of nitrogens with zero attached hydrogens (tertiary/aromatic N) is 2. The Balaban J connectivity index is 2.02. The van der Waals surface area contributed by atoms with Crippen molar-refractivity contribution in [2.75, 3.05) is 0 Å². The van der Waals surface area contributed by atoms with Gasteiger partial charge in [0.2, 0.25) is 0 Å². The fourth-order valence-electron chi connectivity index (χ4n) is 2.71. The third-order valence-electron chi connectivity index (χ3n) is 4.08. The minimum Gasteiger partial charge on any atom is -0.343 e. The number of fused-ring (bicyclic) bond motifs is 1. The van der Waals surface area contributed by atoms with Crippen molar-refractivity contribution in [1.29, 1.82) is 0 Å². The molecule has 0 saturated heterocycles. The van der Waals surface area contributed by atoms with E-state index < -0.39 is 0 Å². The van der Waals surface area contributed by atoms with Gasteiger partial charge in [0.05, 0.1) is 5.69 Å². The number of aromatic nitrogens is 3. The summed E-state index contributed by atoms with van der Waals surface area (Å²) in [5, 5.41) is 2.33. The van der Waals surface area contributed by atoms with Gasteiger partial charge in [-0.1, -0.05) is 30.4 Å². The highest BCUT2D eigenvalue weighted by Crippen LogP contribution is 2.39. The van der Waals surface area contributed by atoms with Crippen LogP contribution in [0.15, 0.2) is 36.7 Å². The summed E-state index contributed by atoms with van der Waals surface area (Å²) in [6.45, 7) is 2.04. The van der Waals surface area contributed by atoms with Gasteiger partial charge in [-0.15, -0.1) is 0 Å². The molecular formula is C17H15N3S. The first kappa shape index (κ1) is 12.7. The van der Waals surface area contributed by atoms with Gasteiger partial charge in [-0.25, -0.2) is 4.98 Å². The molecule has 0 atom stereocenters. The van der Waals surface area contributed by atoms with Crippen LogP contribution in [0, 0.1) is 11.6 Å². The van der Waals surface area contributed by atoms with Crippen LogP contribution in [0.5, 0.6) is 0 Å². The van der Waals surface area contributed by atoms with Gasteiger partial charge in [-0.05, 0) is 31.2 Å². The summed E-state index contributed by atoms with van der Waals surface area (Å²) in [4.78, 5) is 12.3. The van der Waals surface area contributed by atoms with E-state index in [2.05, 4.69) is 39.2 Å². The molecule has 3 nitrogen and oxygen atoms in total. The molecule has 104 valence electrons. The lowest BCUT2D eigenvalue weighted by molar-refractivity contribution is 0.915. The lowest BCUT2D eigenvalue weighted by atomic mass is 10.0. The second-order valence-corrected chi connectivity index (χ2v) is 5.99. The number of rotatable bonds is 2. The number of H-pyrrole nitrogens is 1. The minimum atomic E-state index is 0.558. The van der Waals surface area contributed by atoms with Gasteiger partial charge in [0.15, 0.2) is 0 Å². The molecule has 0 unspecified atom stereocenters. The summed E-state index contributed by atoms with van der Waals surface area (Å²) < 4.78 is 0.705. The highest BCUT2D eigenvalue weighted by Gasteiger charge is 2.26. The molecule has 0 amide bonds. The maximum Gasteiger partial charge on any atom is 0.133 e. The van der Waals surface area contributed by atoms with Crippen LogP contribution in [-0.4, -0.2) is 15.0 Å². The Morgan fingerprint density at radius 2 is 2.10 bits per heavy atom. The second-order valence-electron chi connectivity index (χ2n) is 5.60. The zero-order chi connectivity index (χ0) is 14.4. The fraction of sp³-hybridized carbons (Fsp3) is 0.235. The Morgan fingerprint density at radius 3 is 2.90 bits per heavy atom. The Hall–Kier alpha value is -2.07. The number of hydrogen-bond acceptors (Lipinski definition) is 3. The van der Waals surface area contributed by atoms with E-state index in [0.717, 1.165) is 22.5 Å². The van der Waals surface area contributed by atoms with E-state index in [4.69, 9.17) is 12.2 Å². The van der Waals surface area contributed by atoms with E-state index in [1.165, 1.54) is 23.8 Å². The van der Waals surface area contributed by atoms with E-state index >= 15 is 0 Å². The predicted molar refractivity (Wildman–Crippen MR) is 86.9 cm³/mol. The smallest absolute Gasteiger partial charge is 0.133 e. The molecule has 1 aliphatic rings. The Bertz CT molecular complexity index is 889. The quantitative estimate of drug-likeness (QED) is 0.705. The van der Waals surface area contributed by atoms with Crippen molar-refractivity contribution in [3.8, 4) is 11.3 Å². The van der Waals surface area contributed by atoms with Crippen LogP contribution in [0.3, 0.4) is 0 Å². The summed E-state index contributed by atoms with van der Waals surface area (Å²) in [6, 6.07) is 8.33. The van der Waals surface area contributed by atoms with Crippen molar-refractivity contribution >= 4 is 23.0 Å². The molecule has 3 aromatic rings. The van der Waals surface area contributed by atoms with Crippen LogP contribution in [0.25, 0.3) is 22.0 Å². The zero-order valence-electron chi connectivity index (χ0n) is 11.8. The number of aromatic amines is 1. The first-order valence-corrected chi connectivity index (χ1v) is 7.59. The Kier molecular flexibility index (Phi) is 2.86. The monoisotopic (exact) mass is 293 g/mol. The summed E-state index contributed by atoms with van der Waals surface area (Å²) >= 11 is 5.45. The molecule has 1 aromatic carbocycles. The van der Waals surface area contributed by atoms with Crippen LogP contribution in [0.1, 0.15) is 30.1 Å². The van der Waals surface area contributed by atoms with E-state index in [9.17, 15) is 0 Å². The maximum absolute atomic E-state index is 5.45. The largest absolute Gasteiger partial charge is 0.343 e. The van der Waals surface area contributed by atoms with Crippen molar-refractivity contribution in [3.63, 3.8) is 0 Å². The van der Waals surface area contributed by atoms with Crippen molar-refractivity contribution in [1.82, 2.24) is 15.0 Å². The standard InChI is InChI=1S/C17H15N3S/c1-10-15(19-16(11-5-6-11)20-17(10)21)14-4-2-3-12-9-18-8-7-13(12)14/h2-4,7-9,11H,5-6H2,1H3,(H,19,20,21). The average Bonchev–Trinajstić information content (AvgIpc) is 3.34. The van der Waals surface area contributed by atoms with Crippen LogP contribution in [0.2, 0.25) is 0 Å². The van der Waals surface area contributed by atoms with Gasteiger partial charge < -0.3 is 4.98 Å². The van der Waals surface area contributed by atoms with Gasteiger partial charge in [-0.2, -0.15) is 0 Å². The van der Waals surface area contributed by atoms with Crippen molar-refractivity contribution in [2.45, 2.75) is 25.7 Å². The molecule has 1 saturated carbocycles. The van der Waals surface area contributed by atoms with E-state index in [1.807, 2.05) is 19.3 Å². The topological polar surface area (TPSA) is 41.6 Å². The summed E-state index contributed by atoms with van der Waals surface area (Å²) in [5.74, 6) is 1.59. The molecule has 21 heavy (non-hydrogen) atoms. The molecule has 1 N–H and O–H groups in total. The highest BCUT2D eigenvalue weighted by atomic mass is 32.1. The van der Waals surface area contributed by atoms with Crippen LogP contribution in [0.4, 0.5) is 0 Å². The highest BCUT2D eigenvalue weighted by molar-refractivity contribution is 7.71. The molecule has 2 heterocycles. The lowest BCUT2D eigenvalue weighted by Gasteiger charge is -2.11. The van der Waals surface area contributed by atoms with Gasteiger partial charge in [0.25, 0.3) is 0 Å². The molecular weight excluding hydrogens is 278 g/mol. The molecule has 2 aromatic heterocycles. The molecule has 4 rings (SSSR count). The first-order valence-electron chi connectivity index (χ1n) is 7.18. The maximum atomic E-state index is 5.45. The summed E-state index contributed by atoms with van der Waals surface area (Å²) in [6.07, 6.45) is 6.14. The van der Waals surface area contributed by atoms with Crippen molar-refractivity contribution in [2.24, 2.45) is 0 Å². The van der Waals surface area contributed by atoms with Gasteiger partial charge in [0, 0.05) is 34.8 Å². The van der Waals surface area contributed by atoms with Crippen LogP contribution in [-0.2, 0) is 0 Å². The number of benzene rings is 1. The van der Waals surface area contributed by atoms with E-state index in [1.54, 1.807) is 0 Å². The first-order chi connectivity index (χ1) is 10.2. The average molecular weight is 293 g/mol. The SMILES string of the molecule is Cc1c(-c2cccc3cnccc23)[nH]c(C2CC2)nc1=S. The third-order valence-corrected chi connectivity index (χ3v) is 4.48. The fourth-order valence-corrected chi connectivity index (χ4v) is 2.91. The molecule has 0 bridgehead atoms. The van der Waals surface area contributed by atoms with Gasteiger partial charge in [-0.3, -0.25) is 4.98 Å². The normalized spacial score (nSPS) is 14.5. The number of pyridine rings is 1. The van der Waals surface area contributed by atoms with Gasteiger partial charge in [0.1, 0.15) is 10.5 Å². The molecule has 4 heteroatoms. The second kappa shape index (κ2) is 4.74. The van der Waals surface area contributed by atoms with Gasteiger partial charge >= 0.3 is 0 Å². The van der Waals surface area contributed by atoms with Crippen molar-refractivity contribution < 1.29 is 0 Å². The van der Waals surface area contributed by atoms with E-state index in [-0.39, 0.29) is 0 Å². The molecule has 1 fully saturated rings. The Morgan fingerprint density at radius 1 is 1.24 bits per heavy atom. The molecule has 0 radical (unpaired) electrons. The zero-order valence-corrected chi connectivity index (χ0v) is 12.6. The summed E-state index contributed by atoms with van der Waals surface area (Å²) in [7, 11) is 0. The van der Waals surface area contributed by atoms with Crippen LogP contribution < -0.4 is 0 Å². The van der Waals surface area contributed by atoms with Crippen LogP contribution >= 0.6 is 12.2 Å². The number of hydrogen-bond donors (Lipinski definition) is 1. The molecule has 0 spiro atoms. The molecule has 0 aliphatic heterocycles. The predicted octanol–water partition coefficient (Wildman–Crippen LogP) is 4.54. The minimum absolute atomic E-state index is 0.558. The third kappa shape index (κ3) is 2.16. The lowest BCUT2D eigenvalue weighted by Crippen LogP contribution is -1.99. The number of nitrogens with one attached hydrogen (secondary N) is 1.